The van der Waals surface area contributed by atoms with Crippen LogP contribution >= 0.6 is 11.6 Å². The Hall–Kier alpha value is -4.27. The van der Waals surface area contributed by atoms with E-state index < -0.39 is 5.67 Å². The van der Waals surface area contributed by atoms with Gasteiger partial charge in [-0.1, -0.05) is 11.6 Å². The van der Waals surface area contributed by atoms with Crippen molar-refractivity contribution in [2.24, 2.45) is 10.7 Å². The number of rotatable bonds is 7. The minimum Gasteiger partial charge on any atom is -0.489 e. The first-order chi connectivity index (χ1) is 20.2. The molecule has 6 rings (SSSR count). The molecule has 0 unspecified atom stereocenters. The summed E-state index contributed by atoms with van der Waals surface area (Å²) in [5, 5.41) is 14.5. The van der Waals surface area contributed by atoms with Crippen LogP contribution in [0.3, 0.4) is 0 Å². The van der Waals surface area contributed by atoms with E-state index >= 15 is 0 Å². The maximum absolute atomic E-state index is 14.8. The molecule has 216 valence electrons. The minimum absolute atomic E-state index is 0.0513. The largest absolute Gasteiger partial charge is 0.489 e. The van der Waals surface area contributed by atoms with Crippen molar-refractivity contribution in [3.05, 3.63) is 71.4 Å². The Morgan fingerprint density at radius 3 is 2.67 bits per heavy atom. The van der Waals surface area contributed by atoms with Crippen LogP contribution in [0.4, 0.5) is 10.2 Å². The van der Waals surface area contributed by atoms with Crippen LogP contribution in [0.25, 0.3) is 16.6 Å². The van der Waals surface area contributed by atoms with E-state index in [1.807, 2.05) is 30.1 Å². The van der Waals surface area contributed by atoms with E-state index in [0.29, 0.717) is 46.5 Å². The fraction of sp³-hybridized carbons (Fsp3) is 0.367. The topological polar surface area (TPSA) is 121 Å². The van der Waals surface area contributed by atoms with Crippen LogP contribution in [0.1, 0.15) is 31.0 Å². The van der Waals surface area contributed by atoms with Gasteiger partial charge in [-0.15, -0.1) is 0 Å². The maximum Gasteiger partial charge on any atom is 0.169 e. The summed E-state index contributed by atoms with van der Waals surface area (Å²) >= 11 is 6.26. The normalized spacial score (nSPS) is 18.5. The van der Waals surface area contributed by atoms with Crippen molar-refractivity contribution in [1.29, 1.82) is 5.26 Å². The minimum atomic E-state index is -1.37. The molecule has 0 saturated carbocycles. The van der Waals surface area contributed by atoms with E-state index in [0.717, 1.165) is 42.9 Å². The summed E-state index contributed by atoms with van der Waals surface area (Å²) in [5.41, 5.74) is 7.69. The molecule has 2 aliphatic rings. The highest BCUT2D eigenvalue weighted by atomic mass is 35.5. The first-order valence-electron chi connectivity index (χ1n) is 13.7. The van der Waals surface area contributed by atoms with Crippen LogP contribution in [-0.2, 0) is 0 Å². The molecule has 6 heterocycles. The highest BCUT2D eigenvalue weighted by Crippen LogP contribution is 2.34. The monoisotopic (exact) mass is 587 g/mol. The molecule has 2 aliphatic heterocycles. The summed E-state index contributed by atoms with van der Waals surface area (Å²) < 4.78 is 22.3. The fourth-order valence-corrected chi connectivity index (χ4v) is 5.90. The number of nitrogens with two attached hydrogens (primary N) is 1. The van der Waals surface area contributed by atoms with Gasteiger partial charge in [-0.25, -0.2) is 13.9 Å². The zero-order chi connectivity index (χ0) is 29.5. The second-order valence-corrected chi connectivity index (χ2v) is 11.8. The molecule has 0 radical (unpaired) electrons. The number of nitriles is 1. The zero-order valence-corrected chi connectivity index (χ0v) is 24.2. The molecule has 2 N–H and O–H groups in total. The zero-order valence-electron chi connectivity index (χ0n) is 23.5. The molecule has 2 saturated heterocycles. The summed E-state index contributed by atoms with van der Waals surface area (Å²) in [7, 11) is 1.87. The summed E-state index contributed by atoms with van der Waals surface area (Å²) in [5.74, 6) is 1.66. The number of hydrogen-bond donors (Lipinski definition) is 1. The van der Waals surface area contributed by atoms with Gasteiger partial charge in [0.15, 0.2) is 5.67 Å². The van der Waals surface area contributed by atoms with Gasteiger partial charge < -0.3 is 15.4 Å². The van der Waals surface area contributed by atoms with Gasteiger partial charge >= 0.3 is 0 Å². The Kier molecular flexibility index (Phi) is 7.20. The van der Waals surface area contributed by atoms with Crippen LogP contribution in [0.5, 0.6) is 5.75 Å². The maximum atomic E-state index is 14.8. The average molecular weight is 588 g/mol. The lowest BCUT2D eigenvalue weighted by atomic mass is 9.90. The number of halogens is 2. The molecule has 0 aliphatic carbocycles. The van der Waals surface area contributed by atoms with Gasteiger partial charge in [-0.05, 0) is 57.1 Å². The van der Waals surface area contributed by atoms with E-state index in [1.165, 1.54) is 6.20 Å². The Labute approximate surface area is 248 Å². The number of likely N-dealkylation sites (tertiary alicyclic amines) is 1. The second kappa shape index (κ2) is 10.9. The van der Waals surface area contributed by atoms with Crippen LogP contribution < -0.4 is 15.4 Å². The summed E-state index contributed by atoms with van der Waals surface area (Å²) in [4.78, 5) is 18.0. The molecule has 0 atom stereocenters. The Morgan fingerprint density at radius 1 is 1.21 bits per heavy atom. The third-order valence-corrected chi connectivity index (χ3v) is 8.23. The van der Waals surface area contributed by atoms with Crippen LogP contribution in [0.15, 0.2) is 60.1 Å². The number of piperidine rings is 1. The van der Waals surface area contributed by atoms with Crippen LogP contribution in [0.2, 0.25) is 5.02 Å². The molecule has 0 bridgehead atoms. The van der Waals surface area contributed by atoms with Crippen molar-refractivity contribution < 1.29 is 9.13 Å². The summed E-state index contributed by atoms with van der Waals surface area (Å²) in [6, 6.07) is 11.5. The van der Waals surface area contributed by atoms with Gasteiger partial charge in [0.25, 0.3) is 0 Å². The first kappa shape index (κ1) is 27.9. The molecular weight excluding hydrogens is 557 g/mol. The molecule has 4 aromatic rings. The van der Waals surface area contributed by atoms with Gasteiger partial charge in [0.05, 0.1) is 34.0 Å². The number of ether oxygens (including phenoxy) is 1. The van der Waals surface area contributed by atoms with E-state index in [4.69, 9.17) is 32.0 Å². The van der Waals surface area contributed by atoms with Gasteiger partial charge in [0, 0.05) is 49.7 Å². The lowest BCUT2D eigenvalue weighted by Gasteiger charge is -2.41. The highest BCUT2D eigenvalue weighted by molar-refractivity contribution is 6.33. The lowest BCUT2D eigenvalue weighted by Crippen LogP contribution is -2.60. The molecule has 42 heavy (non-hydrogen) atoms. The number of fused-ring (bicyclic) bond motifs is 1. The van der Waals surface area contributed by atoms with E-state index in [9.17, 15) is 9.65 Å². The van der Waals surface area contributed by atoms with Crippen molar-refractivity contribution >= 4 is 28.8 Å². The number of amidine groups is 1. The van der Waals surface area contributed by atoms with Gasteiger partial charge in [0.1, 0.15) is 35.8 Å². The van der Waals surface area contributed by atoms with Crippen molar-refractivity contribution in [3.8, 4) is 22.9 Å². The number of aliphatic imine (C=N–C) groups is 1. The van der Waals surface area contributed by atoms with E-state index in [1.54, 1.807) is 35.2 Å². The summed E-state index contributed by atoms with van der Waals surface area (Å²) in [6.07, 6.45) is 8.20. The second-order valence-electron chi connectivity index (χ2n) is 11.4. The summed E-state index contributed by atoms with van der Waals surface area (Å²) in [6.45, 7) is 4.22. The van der Waals surface area contributed by atoms with E-state index in [2.05, 4.69) is 28.0 Å². The van der Waals surface area contributed by atoms with Crippen LogP contribution in [0, 0.1) is 11.3 Å². The van der Waals surface area contributed by atoms with Crippen LogP contribution in [-0.4, -0.2) is 81.4 Å². The van der Waals surface area contributed by atoms with Gasteiger partial charge in [-0.3, -0.25) is 14.9 Å². The molecule has 12 heteroatoms. The number of pyridine rings is 3. The molecule has 10 nitrogen and oxygen atoms in total. The Balaban J connectivity index is 1.19. The number of anilines is 1. The molecule has 4 aromatic heterocycles. The lowest BCUT2D eigenvalue weighted by molar-refractivity contribution is -0.0466. The van der Waals surface area contributed by atoms with E-state index in [-0.39, 0.29) is 12.1 Å². The third kappa shape index (κ3) is 5.47. The van der Waals surface area contributed by atoms with Crippen molar-refractivity contribution in [2.45, 2.75) is 31.0 Å². The number of aromatic nitrogens is 4. The Morgan fingerprint density at radius 2 is 2.00 bits per heavy atom. The molecule has 0 amide bonds. The van der Waals surface area contributed by atoms with Gasteiger partial charge in [-0.2, -0.15) is 10.4 Å². The predicted octanol–water partition coefficient (Wildman–Crippen LogP) is 4.11. The number of alkyl halides is 1. The third-order valence-electron chi connectivity index (χ3n) is 7.93. The fourth-order valence-electron chi connectivity index (χ4n) is 5.68. The van der Waals surface area contributed by atoms with Crippen molar-refractivity contribution in [2.75, 3.05) is 44.7 Å². The molecule has 2 fully saturated rings. The van der Waals surface area contributed by atoms with Gasteiger partial charge in [0.2, 0.25) is 0 Å². The molecule has 0 aromatic carbocycles. The quantitative estimate of drug-likeness (QED) is 0.253. The standard InChI is InChI=1S/C30H31ClFN9O/c1-29(38-28(34)26-24(31)4-3-9-35-26)7-10-40(11-8-29)25-6-5-20(14-36-25)23-12-22(42-19-30(32)17-39(2)18-30)16-41-27(23)21(13-33)15-37-41/h3-6,9,12,14-16H,7-8,10-11,17-19H2,1-2H3,(H2,34,38). The smallest absolute Gasteiger partial charge is 0.169 e. The molecular formula is C30H31ClFN9O. The first-order valence-corrected chi connectivity index (χ1v) is 14.1. The average Bonchev–Trinajstić information content (AvgIpc) is 3.39. The predicted molar refractivity (Wildman–Crippen MR) is 160 cm³/mol. The number of hydrogen-bond acceptors (Lipinski definition) is 8. The highest BCUT2D eigenvalue weighted by Gasteiger charge is 2.42. The molecule has 0 spiro atoms. The Bertz CT molecular complexity index is 1680. The van der Waals surface area contributed by atoms with Crippen molar-refractivity contribution in [3.63, 3.8) is 0 Å². The van der Waals surface area contributed by atoms with Crippen molar-refractivity contribution in [1.82, 2.24) is 24.5 Å². The number of nitrogens with zero attached hydrogens (tertiary/aromatic N) is 8. The SMILES string of the molecule is CN1CC(F)(COc2cc(-c3ccc(N4CCC(C)(N=C(N)c5ncccc5Cl)CC4)nc3)c3c(C#N)cnn3c2)C1.